The molecule has 0 radical (unpaired) electrons. The van der Waals surface area contributed by atoms with Crippen molar-refractivity contribution in [1.29, 1.82) is 0 Å². The third kappa shape index (κ3) is 6.44. The molecule has 5 fully saturated rings. The molecular formula is C43H46F3N5O6. The minimum atomic E-state index is -5.01. The molecule has 3 aliphatic carbocycles. The molecule has 6 aliphatic rings. The van der Waals surface area contributed by atoms with Gasteiger partial charge in [-0.3, -0.25) is 4.79 Å². The van der Waals surface area contributed by atoms with E-state index < -0.39 is 40.3 Å². The highest BCUT2D eigenvalue weighted by molar-refractivity contribution is 5.99. The zero-order chi connectivity index (χ0) is 39.7. The van der Waals surface area contributed by atoms with E-state index in [1.165, 1.54) is 5.57 Å². The van der Waals surface area contributed by atoms with Crippen molar-refractivity contribution < 1.29 is 42.1 Å². The third-order valence-electron chi connectivity index (χ3n) is 14.2. The molecule has 3 saturated carbocycles. The first-order chi connectivity index (χ1) is 27.3. The van der Waals surface area contributed by atoms with Crippen LogP contribution in [-0.4, -0.2) is 76.3 Å². The predicted molar refractivity (Wildman–Crippen MR) is 203 cm³/mol. The number of benzene rings is 2. The average Bonchev–Trinajstić information content (AvgIpc) is 3.53. The monoisotopic (exact) mass is 785 g/mol. The van der Waals surface area contributed by atoms with Gasteiger partial charge in [0.2, 0.25) is 5.95 Å². The topological polar surface area (TPSA) is 134 Å². The second kappa shape index (κ2) is 13.8. The second-order valence-corrected chi connectivity index (χ2v) is 17.2. The minimum absolute atomic E-state index is 0.0276. The Hall–Kier alpha value is -4.98. The molecule has 1 aromatic heterocycles. The quantitative estimate of drug-likeness (QED) is 0.250. The third-order valence-corrected chi connectivity index (χ3v) is 14.2. The van der Waals surface area contributed by atoms with E-state index in [-0.39, 0.29) is 42.3 Å². The number of carboxylic acids is 1. The number of alkyl halides is 3. The van der Waals surface area contributed by atoms with Crippen molar-refractivity contribution in [2.24, 2.45) is 23.2 Å². The molecule has 5 atom stereocenters. The van der Waals surface area contributed by atoms with Crippen LogP contribution in [0.4, 0.5) is 29.6 Å². The number of hydrogen-bond acceptors (Lipinski definition) is 8. The van der Waals surface area contributed by atoms with Gasteiger partial charge in [0.15, 0.2) is 5.69 Å². The van der Waals surface area contributed by atoms with Gasteiger partial charge >= 0.3 is 18.2 Å². The average molecular weight is 786 g/mol. The van der Waals surface area contributed by atoms with E-state index in [9.17, 15) is 32.7 Å². The summed E-state index contributed by atoms with van der Waals surface area (Å²) >= 11 is 0. The molecule has 2 bridgehead atoms. The van der Waals surface area contributed by atoms with Gasteiger partial charge in [0, 0.05) is 50.1 Å². The van der Waals surface area contributed by atoms with Crippen LogP contribution in [0.3, 0.4) is 0 Å². The number of carbonyl (C=O) groups excluding carboxylic acids is 2. The van der Waals surface area contributed by atoms with Crippen molar-refractivity contribution in [2.75, 3.05) is 37.7 Å². The van der Waals surface area contributed by atoms with E-state index in [1.807, 2.05) is 42.5 Å². The van der Waals surface area contributed by atoms with Crippen molar-refractivity contribution in [3.8, 4) is 0 Å². The van der Waals surface area contributed by atoms with Gasteiger partial charge in [0.25, 0.3) is 5.91 Å². The van der Waals surface area contributed by atoms with Crippen LogP contribution in [0.15, 0.2) is 60.3 Å². The van der Waals surface area contributed by atoms with E-state index >= 15 is 0 Å². The maximum absolute atomic E-state index is 14.8. The molecule has 2 aromatic carbocycles. The van der Waals surface area contributed by atoms with Crippen LogP contribution in [0.5, 0.6) is 0 Å². The van der Waals surface area contributed by atoms with E-state index in [0.29, 0.717) is 83.0 Å². The maximum Gasteiger partial charge on any atom is 0.434 e. The highest BCUT2D eigenvalue weighted by atomic mass is 19.4. The van der Waals surface area contributed by atoms with Gasteiger partial charge in [-0.25, -0.2) is 19.6 Å². The summed E-state index contributed by atoms with van der Waals surface area (Å²) in [5.41, 5.74) is 0.509. The second-order valence-electron chi connectivity index (χ2n) is 17.2. The lowest BCUT2D eigenvalue weighted by Crippen LogP contribution is -2.63. The molecule has 14 heteroatoms. The number of halogens is 3. The zero-order valence-corrected chi connectivity index (χ0v) is 31.8. The van der Waals surface area contributed by atoms with Crippen LogP contribution in [0, 0.1) is 23.2 Å². The Labute approximate surface area is 328 Å². The fourth-order valence-corrected chi connectivity index (χ4v) is 10.9. The first kappa shape index (κ1) is 37.6. The summed E-state index contributed by atoms with van der Waals surface area (Å²) in [5, 5.41) is 13.0. The number of piperidine rings is 1. The SMILES string of the molecule is CC12CC3CC1CC2CC3(NC(=O)c1cnc(N2CC3(CCOCC3)c3cc(C=C4CCN(C(=O)OCc5ccccc5)CC4)ccc32)nc1C(F)(F)F)C(=O)O. The number of nitrogens with one attached hydrogen (secondary N) is 1. The van der Waals surface area contributed by atoms with Gasteiger partial charge in [0.05, 0.1) is 5.56 Å². The highest BCUT2D eigenvalue weighted by Gasteiger charge is 2.69. The Balaban J connectivity index is 0.955. The molecule has 2 saturated heterocycles. The molecule has 1 spiro atoms. The number of fused-ring (bicyclic) bond motifs is 3. The molecule has 4 heterocycles. The van der Waals surface area contributed by atoms with E-state index in [0.717, 1.165) is 29.3 Å². The molecule has 11 nitrogen and oxygen atoms in total. The van der Waals surface area contributed by atoms with Crippen molar-refractivity contribution in [1.82, 2.24) is 20.2 Å². The minimum Gasteiger partial charge on any atom is -0.479 e. The van der Waals surface area contributed by atoms with Crippen LogP contribution < -0.4 is 10.2 Å². The summed E-state index contributed by atoms with van der Waals surface area (Å²) in [6.45, 7) is 4.76. The highest BCUT2D eigenvalue weighted by Crippen LogP contribution is 2.70. The van der Waals surface area contributed by atoms with Crippen LogP contribution in [0.1, 0.15) is 91.0 Å². The van der Waals surface area contributed by atoms with Crippen LogP contribution in [-0.2, 0) is 32.5 Å². The number of hydrogen-bond donors (Lipinski definition) is 2. The number of anilines is 2. The lowest BCUT2D eigenvalue weighted by molar-refractivity contribution is -0.152. The summed E-state index contributed by atoms with van der Waals surface area (Å²) in [5.74, 6) is -2.41. The molecule has 2 N–H and O–H groups in total. The smallest absolute Gasteiger partial charge is 0.434 e. The fraction of sp³-hybridized carbons (Fsp3) is 0.512. The van der Waals surface area contributed by atoms with Gasteiger partial charge in [-0.2, -0.15) is 13.2 Å². The number of nitrogens with zero attached hydrogens (tertiary/aromatic N) is 4. The number of carboxylic acid groups (broad SMARTS) is 1. The summed E-state index contributed by atoms with van der Waals surface area (Å²) in [6.07, 6.45) is 2.68. The lowest BCUT2D eigenvalue weighted by atomic mass is 9.50. The Bertz CT molecular complexity index is 2130. The summed E-state index contributed by atoms with van der Waals surface area (Å²) in [6, 6.07) is 15.5. The summed E-state index contributed by atoms with van der Waals surface area (Å²) in [7, 11) is 0. The van der Waals surface area contributed by atoms with E-state index in [4.69, 9.17) is 9.47 Å². The van der Waals surface area contributed by atoms with Crippen LogP contribution in [0.25, 0.3) is 6.08 Å². The molecule has 57 heavy (non-hydrogen) atoms. The molecule has 5 unspecified atom stereocenters. The molecule has 300 valence electrons. The van der Waals surface area contributed by atoms with Gasteiger partial charge in [-0.15, -0.1) is 0 Å². The van der Waals surface area contributed by atoms with Gasteiger partial charge in [0.1, 0.15) is 12.1 Å². The number of carbonyl (C=O) groups is 3. The van der Waals surface area contributed by atoms with Crippen molar-refractivity contribution in [3.05, 3.63) is 88.2 Å². The first-order valence-corrected chi connectivity index (χ1v) is 19.9. The standard InChI is InChI=1S/C43H46F3N5O6/c1-40-21-31-20-29(40)19-30(40)22-42(31,37(53)54)49-36(52)32-23-47-38(48-35(32)43(44,45)46)51-25-41(11-15-56-16-12-41)33-18-28(7-8-34(33)51)17-26-9-13-50(14-10-26)39(55)57-24-27-5-3-2-4-6-27/h2-8,17-18,23,29-31H,9-16,19-22,24-25H2,1H3,(H,49,52)(H,53,54). The summed E-state index contributed by atoms with van der Waals surface area (Å²) < 4.78 is 55.7. The van der Waals surface area contributed by atoms with Crippen molar-refractivity contribution >= 4 is 35.7 Å². The largest absolute Gasteiger partial charge is 0.479 e. The van der Waals surface area contributed by atoms with Crippen molar-refractivity contribution in [3.63, 3.8) is 0 Å². The Morgan fingerprint density at radius 2 is 1.75 bits per heavy atom. The number of ether oxygens (including phenoxy) is 2. The molecular weight excluding hydrogens is 739 g/mol. The van der Waals surface area contributed by atoms with Gasteiger partial charge in [-0.1, -0.05) is 55.0 Å². The Kier molecular flexibility index (Phi) is 9.13. The fourth-order valence-electron chi connectivity index (χ4n) is 10.9. The van der Waals surface area contributed by atoms with Crippen LogP contribution in [0.2, 0.25) is 0 Å². The summed E-state index contributed by atoms with van der Waals surface area (Å²) in [4.78, 5) is 51.1. The van der Waals surface area contributed by atoms with E-state index in [2.05, 4.69) is 34.4 Å². The number of aromatic nitrogens is 2. The van der Waals surface area contributed by atoms with Gasteiger partial charge in [-0.05, 0) is 103 Å². The maximum atomic E-state index is 14.8. The predicted octanol–water partition coefficient (Wildman–Crippen LogP) is 7.52. The normalized spacial score (nSPS) is 28.4. The van der Waals surface area contributed by atoms with Crippen LogP contribution >= 0.6 is 0 Å². The number of rotatable bonds is 7. The Morgan fingerprint density at radius 3 is 2.47 bits per heavy atom. The number of aliphatic carboxylic acids is 1. The zero-order valence-electron chi connectivity index (χ0n) is 31.8. The van der Waals surface area contributed by atoms with Crippen molar-refractivity contribution in [2.45, 2.75) is 82.0 Å². The lowest BCUT2D eigenvalue weighted by Gasteiger charge is -2.55. The van der Waals surface area contributed by atoms with E-state index in [1.54, 1.807) is 9.80 Å². The molecule has 3 aromatic rings. The first-order valence-electron chi connectivity index (χ1n) is 19.9. The molecule has 9 rings (SSSR count). The molecule has 3 aliphatic heterocycles. The number of likely N-dealkylation sites (tertiary alicyclic amines) is 1. The van der Waals surface area contributed by atoms with Gasteiger partial charge < -0.3 is 29.7 Å². The molecule has 2 amide bonds. The number of amides is 2. The Morgan fingerprint density at radius 1 is 1.02 bits per heavy atom.